The van der Waals surface area contributed by atoms with Crippen molar-refractivity contribution in [1.82, 2.24) is 14.4 Å². The number of carbonyl (C=O) groups excluding carboxylic acids is 2. The summed E-state index contributed by atoms with van der Waals surface area (Å²) in [5.41, 5.74) is 3.68. The van der Waals surface area contributed by atoms with Crippen LogP contribution in [0.25, 0.3) is 0 Å². The lowest BCUT2D eigenvalue weighted by Crippen LogP contribution is -2.49. The maximum Gasteiger partial charge on any atom is 0.322 e. The van der Waals surface area contributed by atoms with Crippen molar-refractivity contribution >= 4 is 17.6 Å². The van der Waals surface area contributed by atoms with Crippen molar-refractivity contribution in [2.24, 2.45) is 0 Å². The zero-order chi connectivity index (χ0) is 27.9. The second-order valence-electron chi connectivity index (χ2n) is 9.82. The largest absolute Gasteiger partial charge is 0.457 e. The number of aryl methyl sites for hydroxylation is 1. The monoisotopic (exact) mass is 538 g/mol. The van der Waals surface area contributed by atoms with Gasteiger partial charge in [-0.3, -0.25) is 4.79 Å². The summed E-state index contributed by atoms with van der Waals surface area (Å²) in [6.45, 7) is 3.70. The summed E-state index contributed by atoms with van der Waals surface area (Å²) in [6, 6.07) is 28.4. The van der Waals surface area contributed by atoms with Crippen molar-refractivity contribution < 1.29 is 19.1 Å². The smallest absolute Gasteiger partial charge is 0.322 e. The van der Waals surface area contributed by atoms with E-state index in [1.807, 2.05) is 109 Å². The van der Waals surface area contributed by atoms with Gasteiger partial charge < -0.3 is 29.2 Å². The molecule has 0 aliphatic carbocycles. The number of anilines is 1. The predicted molar refractivity (Wildman–Crippen MR) is 155 cm³/mol. The molecule has 1 aromatic heterocycles. The van der Waals surface area contributed by atoms with Crippen LogP contribution < -0.4 is 10.1 Å². The van der Waals surface area contributed by atoms with Gasteiger partial charge in [-0.1, -0.05) is 42.5 Å². The fraction of sp³-hybridized carbons (Fsp3) is 0.250. The lowest BCUT2D eigenvalue weighted by atomic mass is 9.99. The van der Waals surface area contributed by atoms with E-state index in [0.29, 0.717) is 31.1 Å². The standard InChI is InChI=1S/C32H34N4O4/c1-24-9-6-11-26(21-24)33-32(38)35(19-20-39-2)23-30(37)36-18-17-34-16-8-15-29(34)31(36)25-10-7-14-28(22-25)40-27-12-4-3-5-13-27/h3-16,21-22,31H,17-20,23H2,1-2H3,(H,33,38)/t31-/m0/s1. The predicted octanol–water partition coefficient (Wildman–Crippen LogP) is 5.70. The molecular weight excluding hydrogens is 504 g/mol. The van der Waals surface area contributed by atoms with Crippen LogP contribution in [0.3, 0.4) is 0 Å². The Labute approximate surface area is 234 Å². The van der Waals surface area contributed by atoms with Crippen LogP contribution >= 0.6 is 0 Å². The van der Waals surface area contributed by atoms with E-state index < -0.39 is 0 Å². The third kappa shape index (κ3) is 6.35. The van der Waals surface area contributed by atoms with Gasteiger partial charge in [-0.15, -0.1) is 0 Å². The minimum atomic E-state index is -0.341. The first-order valence-electron chi connectivity index (χ1n) is 13.4. The Morgan fingerprint density at radius 2 is 1.73 bits per heavy atom. The van der Waals surface area contributed by atoms with Crippen molar-refractivity contribution in [1.29, 1.82) is 0 Å². The Hall–Kier alpha value is -4.56. The third-order valence-corrected chi connectivity index (χ3v) is 6.96. The van der Waals surface area contributed by atoms with Gasteiger partial charge in [0.05, 0.1) is 12.6 Å². The summed E-state index contributed by atoms with van der Waals surface area (Å²) < 4.78 is 13.5. The molecule has 4 aromatic rings. The van der Waals surface area contributed by atoms with Crippen molar-refractivity contribution in [2.45, 2.75) is 19.5 Å². The van der Waals surface area contributed by atoms with Gasteiger partial charge >= 0.3 is 6.03 Å². The summed E-state index contributed by atoms with van der Waals surface area (Å²) in [6.07, 6.45) is 2.04. The Morgan fingerprint density at radius 3 is 2.52 bits per heavy atom. The maximum absolute atomic E-state index is 13.9. The first-order valence-corrected chi connectivity index (χ1v) is 13.4. The van der Waals surface area contributed by atoms with E-state index in [4.69, 9.17) is 9.47 Å². The van der Waals surface area contributed by atoms with Crippen LogP contribution in [0.4, 0.5) is 10.5 Å². The van der Waals surface area contributed by atoms with Crippen molar-refractivity contribution in [3.8, 4) is 11.5 Å². The van der Waals surface area contributed by atoms with Gasteiger partial charge in [-0.25, -0.2) is 4.79 Å². The molecule has 0 fully saturated rings. The number of rotatable bonds is 9. The van der Waals surface area contributed by atoms with E-state index in [2.05, 4.69) is 9.88 Å². The van der Waals surface area contributed by atoms with E-state index in [0.717, 1.165) is 22.6 Å². The zero-order valence-corrected chi connectivity index (χ0v) is 22.8. The number of para-hydroxylation sites is 1. The van der Waals surface area contributed by atoms with Gasteiger partial charge in [0.25, 0.3) is 0 Å². The Balaban J connectivity index is 1.39. The molecular formula is C32H34N4O4. The molecule has 0 saturated carbocycles. The van der Waals surface area contributed by atoms with Gasteiger partial charge in [-0.05, 0) is 66.6 Å². The van der Waals surface area contributed by atoms with Gasteiger partial charge in [0.2, 0.25) is 5.91 Å². The molecule has 1 atom stereocenters. The number of ether oxygens (including phenoxy) is 2. The Morgan fingerprint density at radius 1 is 0.925 bits per heavy atom. The molecule has 0 unspecified atom stereocenters. The molecule has 1 N–H and O–H groups in total. The number of urea groups is 1. The number of methoxy groups -OCH3 is 1. The second-order valence-corrected chi connectivity index (χ2v) is 9.82. The van der Waals surface area contributed by atoms with E-state index in [9.17, 15) is 9.59 Å². The number of carbonyl (C=O) groups is 2. The van der Waals surface area contributed by atoms with Gasteiger partial charge in [-0.2, -0.15) is 0 Å². The highest BCUT2D eigenvalue weighted by Crippen LogP contribution is 2.35. The van der Waals surface area contributed by atoms with Crippen LogP contribution in [0.15, 0.2) is 97.2 Å². The number of benzene rings is 3. The molecule has 3 aromatic carbocycles. The first-order chi connectivity index (χ1) is 19.5. The molecule has 8 heteroatoms. The molecule has 5 rings (SSSR count). The highest BCUT2D eigenvalue weighted by Gasteiger charge is 2.33. The lowest BCUT2D eigenvalue weighted by Gasteiger charge is -2.38. The molecule has 0 radical (unpaired) electrons. The minimum Gasteiger partial charge on any atom is -0.457 e. The minimum absolute atomic E-state index is 0.0710. The van der Waals surface area contributed by atoms with Crippen LogP contribution in [0.5, 0.6) is 11.5 Å². The number of aromatic nitrogens is 1. The summed E-state index contributed by atoms with van der Waals surface area (Å²) >= 11 is 0. The molecule has 206 valence electrons. The van der Waals surface area contributed by atoms with E-state index in [1.54, 1.807) is 7.11 Å². The van der Waals surface area contributed by atoms with Crippen LogP contribution in [0.2, 0.25) is 0 Å². The Kier molecular flexibility index (Phi) is 8.47. The van der Waals surface area contributed by atoms with Crippen LogP contribution in [0.1, 0.15) is 22.9 Å². The van der Waals surface area contributed by atoms with Crippen LogP contribution in [0, 0.1) is 6.92 Å². The number of fused-ring (bicyclic) bond motifs is 1. The average molecular weight is 539 g/mol. The first kappa shape index (κ1) is 27.0. The molecule has 8 nitrogen and oxygen atoms in total. The quantitative estimate of drug-likeness (QED) is 0.297. The summed E-state index contributed by atoms with van der Waals surface area (Å²) in [5, 5.41) is 2.93. The van der Waals surface area contributed by atoms with E-state index in [-0.39, 0.29) is 31.1 Å². The highest BCUT2D eigenvalue weighted by molar-refractivity contribution is 5.92. The molecule has 0 bridgehead atoms. The zero-order valence-electron chi connectivity index (χ0n) is 22.8. The molecule has 2 heterocycles. The van der Waals surface area contributed by atoms with Crippen LogP contribution in [-0.2, 0) is 16.1 Å². The fourth-order valence-corrected chi connectivity index (χ4v) is 5.01. The number of nitrogens with zero attached hydrogens (tertiary/aromatic N) is 3. The second kappa shape index (κ2) is 12.5. The van der Waals surface area contributed by atoms with Gasteiger partial charge in [0.1, 0.15) is 18.0 Å². The lowest BCUT2D eigenvalue weighted by molar-refractivity contribution is -0.134. The summed E-state index contributed by atoms with van der Waals surface area (Å²) in [4.78, 5) is 30.5. The van der Waals surface area contributed by atoms with E-state index >= 15 is 0 Å². The van der Waals surface area contributed by atoms with Crippen molar-refractivity contribution in [3.63, 3.8) is 0 Å². The average Bonchev–Trinajstić information content (AvgIpc) is 3.44. The number of hydrogen-bond donors (Lipinski definition) is 1. The number of amides is 3. The van der Waals surface area contributed by atoms with Gasteiger partial charge in [0.15, 0.2) is 0 Å². The summed E-state index contributed by atoms with van der Waals surface area (Å²) in [7, 11) is 1.58. The van der Waals surface area contributed by atoms with E-state index in [1.165, 1.54) is 4.90 Å². The molecule has 3 amide bonds. The molecule has 0 saturated heterocycles. The van der Waals surface area contributed by atoms with Crippen molar-refractivity contribution in [3.05, 3.63) is 114 Å². The SMILES string of the molecule is COCCN(CC(=O)N1CCn2cccc2[C@@H]1c1cccc(Oc2ccccc2)c1)C(=O)Nc1cccc(C)c1. The normalized spacial score (nSPS) is 14.3. The highest BCUT2D eigenvalue weighted by atomic mass is 16.5. The van der Waals surface area contributed by atoms with Crippen molar-refractivity contribution in [2.75, 3.05) is 38.7 Å². The topological polar surface area (TPSA) is 76.0 Å². The summed E-state index contributed by atoms with van der Waals surface area (Å²) in [5.74, 6) is 1.30. The number of nitrogens with one attached hydrogen (secondary N) is 1. The Bertz CT molecular complexity index is 1450. The molecule has 1 aliphatic heterocycles. The van der Waals surface area contributed by atoms with Crippen LogP contribution in [-0.4, -0.2) is 59.7 Å². The molecule has 40 heavy (non-hydrogen) atoms. The third-order valence-electron chi connectivity index (χ3n) is 6.96. The maximum atomic E-state index is 13.9. The fourth-order valence-electron chi connectivity index (χ4n) is 5.01. The molecule has 0 spiro atoms. The number of hydrogen-bond acceptors (Lipinski definition) is 4. The van der Waals surface area contributed by atoms with Gasteiger partial charge in [0, 0.05) is 44.3 Å². The molecule has 1 aliphatic rings.